The van der Waals surface area contributed by atoms with E-state index in [4.69, 9.17) is 49.6 Å². The van der Waals surface area contributed by atoms with Gasteiger partial charge in [-0.3, -0.25) is 0 Å². The van der Waals surface area contributed by atoms with E-state index in [1.807, 2.05) is 77.3 Å². The highest BCUT2D eigenvalue weighted by Gasteiger charge is 2.16. The fraction of sp³-hybridized carbons (Fsp3) is 0.0400. The third-order valence-electron chi connectivity index (χ3n) is 5.15. The molecule has 0 saturated heterocycles. The molecule has 0 saturated carbocycles. The summed E-state index contributed by atoms with van der Waals surface area (Å²) in [6.45, 7) is 0. The first-order valence-corrected chi connectivity index (χ1v) is 10.9. The van der Waals surface area contributed by atoms with Crippen molar-refractivity contribution in [2.45, 2.75) is 0 Å². The van der Waals surface area contributed by atoms with Crippen molar-refractivity contribution in [2.24, 2.45) is 0 Å². The summed E-state index contributed by atoms with van der Waals surface area (Å²) in [4.78, 5) is 4.86. The van der Waals surface area contributed by atoms with Crippen LogP contribution in [0.1, 0.15) is 0 Å². The standard InChI is InChI=1S/C25H16Cl3N3O/c1-32-24-12-19(28)10-11-20(24)23-13-21(15-2-6-17(26)7-3-15)29-25-14-22(30-31(23)25)16-4-8-18(27)9-5-16/h2-14H,1H3. The third-order valence-corrected chi connectivity index (χ3v) is 5.89. The van der Waals surface area contributed by atoms with Crippen LogP contribution < -0.4 is 4.74 Å². The highest BCUT2D eigenvalue weighted by Crippen LogP contribution is 2.35. The number of nitrogens with zero attached hydrogens (tertiary/aromatic N) is 3. The molecule has 32 heavy (non-hydrogen) atoms. The largest absolute Gasteiger partial charge is 0.496 e. The van der Waals surface area contributed by atoms with Gasteiger partial charge in [0.2, 0.25) is 0 Å². The van der Waals surface area contributed by atoms with E-state index in [0.29, 0.717) is 26.5 Å². The van der Waals surface area contributed by atoms with E-state index in [2.05, 4.69) is 0 Å². The zero-order valence-electron chi connectivity index (χ0n) is 16.9. The fourth-order valence-corrected chi connectivity index (χ4v) is 3.99. The molecule has 0 atom stereocenters. The van der Waals surface area contributed by atoms with Crippen molar-refractivity contribution in [3.63, 3.8) is 0 Å². The van der Waals surface area contributed by atoms with Gasteiger partial charge in [0.05, 0.1) is 24.2 Å². The Morgan fingerprint density at radius 3 is 1.91 bits per heavy atom. The van der Waals surface area contributed by atoms with Crippen LogP contribution in [0, 0.1) is 0 Å². The Kier molecular flexibility index (Phi) is 5.51. The summed E-state index contributed by atoms with van der Waals surface area (Å²) in [5.41, 5.74) is 5.86. The first-order chi connectivity index (χ1) is 15.5. The van der Waals surface area contributed by atoms with E-state index >= 15 is 0 Å². The van der Waals surface area contributed by atoms with Gasteiger partial charge >= 0.3 is 0 Å². The van der Waals surface area contributed by atoms with Gasteiger partial charge in [-0.2, -0.15) is 5.10 Å². The topological polar surface area (TPSA) is 39.4 Å². The summed E-state index contributed by atoms with van der Waals surface area (Å²) in [5.74, 6) is 0.649. The average Bonchev–Trinajstić information content (AvgIpc) is 3.23. The molecule has 5 rings (SSSR count). The Balaban J connectivity index is 1.77. The number of hydrogen-bond donors (Lipinski definition) is 0. The second kappa shape index (κ2) is 8.47. The van der Waals surface area contributed by atoms with Crippen molar-refractivity contribution in [1.82, 2.24) is 14.6 Å². The van der Waals surface area contributed by atoms with Crippen LogP contribution in [0.15, 0.2) is 78.9 Å². The van der Waals surface area contributed by atoms with Crippen molar-refractivity contribution >= 4 is 40.4 Å². The molecule has 0 aliphatic carbocycles. The Hall–Kier alpha value is -3.05. The van der Waals surface area contributed by atoms with Gasteiger partial charge in [-0.15, -0.1) is 0 Å². The number of ether oxygens (including phenoxy) is 1. The number of fused-ring (bicyclic) bond motifs is 1. The minimum atomic E-state index is 0.594. The van der Waals surface area contributed by atoms with Gasteiger partial charge < -0.3 is 4.74 Å². The second-order valence-corrected chi connectivity index (χ2v) is 8.49. The molecule has 5 aromatic rings. The molecule has 158 valence electrons. The number of hydrogen-bond acceptors (Lipinski definition) is 3. The highest BCUT2D eigenvalue weighted by molar-refractivity contribution is 6.31. The van der Waals surface area contributed by atoms with E-state index in [-0.39, 0.29) is 0 Å². The maximum atomic E-state index is 6.20. The number of rotatable bonds is 4. The van der Waals surface area contributed by atoms with E-state index in [9.17, 15) is 0 Å². The van der Waals surface area contributed by atoms with Crippen molar-refractivity contribution in [3.8, 4) is 39.5 Å². The molecule has 0 aliphatic heterocycles. The average molecular weight is 481 g/mol. The van der Waals surface area contributed by atoms with Gasteiger partial charge in [-0.25, -0.2) is 9.50 Å². The van der Waals surface area contributed by atoms with Gasteiger partial charge in [0, 0.05) is 37.8 Å². The van der Waals surface area contributed by atoms with Crippen LogP contribution in [-0.4, -0.2) is 21.7 Å². The molecule has 3 aromatic carbocycles. The molecule has 0 N–H and O–H groups in total. The second-order valence-electron chi connectivity index (χ2n) is 7.18. The Bertz CT molecular complexity index is 1430. The monoisotopic (exact) mass is 479 g/mol. The molecule has 0 aliphatic rings. The van der Waals surface area contributed by atoms with E-state index in [1.54, 1.807) is 13.2 Å². The Morgan fingerprint density at radius 1 is 0.688 bits per heavy atom. The molecule has 2 aromatic heterocycles. The van der Waals surface area contributed by atoms with Crippen LogP contribution in [0.4, 0.5) is 0 Å². The lowest BCUT2D eigenvalue weighted by Gasteiger charge is -2.12. The summed E-state index contributed by atoms with van der Waals surface area (Å²) < 4.78 is 7.43. The molecule has 0 radical (unpaired) electrons. The normalized spacial score (nSPS) is 11.1. The maximum Gasteiger partial charge on any atom is 0.156 e. The lowest BCUT2D eigenvalue weighted by Crippen LogP contribution is -2.00. The lowest BCUT2D eigenvalue weighted by atomic mass is 10.1. The molecule has 0 bridgehead atoms. The molecule has 2 heterocycles. The lowest BCUT2D eigenvalue weighted by molar-refractivity contribution is 0.416. The van der Waals surface area contributed by atoms with E-state index in [1.165, 1.54) is 0 Å². The fourth-order valence-electron chi connectivity index (χ4n) is 3.57. The molecule has 4 nitrogen and oxygen atoms in total. The minimum Gasteiger partial charge on any atom is -0.496 e. The molecule has 0 spiro atoms. The summed E-state index contributed by atoms with van der Waals surface area (Å²) in [6.07, 6.45) is 0. The summed E-state index contributed by atoms with van der Waals surface area (Å²) in [7, 11) is 1.62. The van der Waals surface area contributed by atoms with Gasteiger partial charge in [-0.1, -0.05) is 59.1 Å². The summed E-state index contributed by atoms with van der Waals surface area (Å²) in [6, 6.07) is 24.6. The van der Waals surface area contributed by atoms with Crippen LogP contribution in [0.2, 0.25) is 15.1 Å². The number of benzene rings is 3. The van der Waals surface area contributed by atoms with Crippen LogP contribution >= 0.6 is 34.8 Å². The van der Waals surface area contributed by atoms with Crippen LogP contribution in [-0.2, 0) is 0 Å². The van der Waals surface area contributed by atoms with E-state index < -0.39 is 0 Å². The first-order valence-electron chi connectivity index (χ1n) is 9.78. The van der Waals surface area contributed by atoms with Crippen molar-refractivity contribution in [1.29, 1.82) is 0 Å². The zero-order chi connectivity index (χ0) is 22.2. The molecular formula is C25H16Cl3N3O. The van der Waals surface area contributed by atoms with Gasteiger partial charge in [-0.05, 0) is 48.5 Å². The molecule has 0 fully saturated rings. The predicted molar refractivity (Wildman–Crippen MR) is 131 cm³/mol. The molecule has 7 heteroatoms. The molecular weight excluding hydrogens is 465 g/mol. The number of aromatic nitrogens is 3. The molecule has 0 amide bonds. The van der Waals surface area contributed by atoms with E-state index in [0.717, 1.165) is 33.8 Å². The minimum absolute atomic E-state index is 0.594. The predicted octanol–water partition coefficient (Wildman–Crippen LogP) is 7.70. The van der Waals surface area contributed by atoms with Crippen LogP contribution in [0.25, 0.3) is 39.4 Å². The molecule has 0 unspecified atom stereocenters. The summed E-state index contributed by atoms with van der Waals surface area (Å²) in [5, 5.41) is 6.77. The Morgan fingerprint density at radius 2 is 1.28 bits per heavy atom. The van der Waals surface area contributed by atoms with Gasteiger partial charge in [0.25, 0.3) is 0 Å². The third kappa shape index (κ3) is 3.93. The smallest absolute Gasteiger partial charge is 0.156 e. The van der Waals surface area contributed by atoms with Crippen LogP contribution in [0.5, 0.6) is 5.75 Å². The van der Waals surface area contributed by atoms with Crippen molar-refractivity contribution in [2.75, 3.05) is 7.11 Å². The number of halogens is 3. The van der Waals surface area contributed by atoms with Gasteiger partial charge in [0.1, 0.15) is 5.75 Å². The van der Waals surface area contributed by atoms with Gasteiger partial charge in [0.15, 0.2) is 5.65 Å². The zero-order valence-corrected chi connectivity index (χ0v) is 19.2. The van der Waals surface area contributed by atoms with Crippen molar-refractivity contribution in [3.05, 3.63) is 93.9 Å². The van der Waals surface area contributed by atoms with Crippen LogP contribution in [0.3, 0.4) is 0 Å². The Labute approximate surface area is 200 Å². The first kappa shape index (κ1) is 20.8. The SMILES string of the molecule is COc1cc(Cl)ccc1-c1cc(-c2ccc(Cl)cc2)nc2cc(-c3ccc(Cl)cc3)nn12. The summed E-state index contributed by atoms with van der Waals surface area (Å²) >= 11 is 18.3. The number of methoxy groups -OCH3 is 1. The highest BCUT2D eigenvalue weighted by atomic mass is 35.5. The maximum absolute atomic E-state index is 6.20. The van der Waals surface area contributed by atoms with Crippen molar-refractivity contribution < 1.29 is 4.74 Å². The quantitative estimate of drug-likeness (QED) is 0.264.